The van der Waals surface area contributed by atoms with Gasteiger partial charge in [0.15, 0.2) is 11.6 Å². The largest absolute Gasteiger partial charge is 0.453 e. The molecule has 0 bridgehead atoms. The van der Waals surface area contributed by atoms with E-state index in [1.807, 2.05) is 6.07 Å². The number of aromatic nitrogens is 3. The van der Waals surface area contributed by atoms with Gasteiger partial charge in [-0.1, -0.05) is 34.4 Å². The van der Waals surface area contributed by atoms with E-state index in [1.165, 1.54) is 36.6 Å². The molecule has 7 nitrogen and oxygen atoms in total. The van der Waals surface area contributed by atoms with Crippen molar-refractivity contribution in [2.45, 2.75) is 13.3 Å². The van der Waals surface area contributed by atoms with Crippen molar-refractivity contribution in [3.8, 4) is 29.0 Å². The molecule has 2 heterocycles. The molecule has 0 atom stereocenters. The van der Waals surface area contributed by atoms with Crippen molar-refractivity contribution in [3.05, 3.63) is 75.2 Å². The van der Waals surface area contributed by atoms with Crippen LogP contribution in [0.5, 0.6) is 11.5 Å². The van der Waals surface area contributed by atoms with Gasteiger partial charge in [0, 0.05) is 10.6 Å². The molecular formula is C20H11Cl2FN4O3. The Labute approximate surface area is 179 Å². The van der Waals surface area contributed by atoms with E-state index in [0.717, 1.165) is 0 Å². The Balaban J connectivity index is 1.62. The van der Waals surface area contributed by atoms with Crippen LogP contribution in [0.2, 0.25) is 10.0 Å². The number of hydrogen-bond acceptors (Lipinski definition) is 7. The van der Waals surface area contributed by atoms with Crippen LogP contribution in [0.3, 0.4) is 0 Å². The minimum atomic E-state index is -0.693. The molecule has 0 aliphatic carbocycles. The molecule has 0 radical (unpaired) electrons. The van der Waals surface area contributed by atoms with Gasteiger partial charge in [-0.05, 0) is 31.2 Å². The Hall–Kier alpha value is -3.41. The number of nitrogens with zero attached hydrogens (tertiary/aromatic N) is 4. The Bertz CT molecular complexity index is 1280. The van der Waals surface area contributed by atoms with Crippen molar-refractivity contribution in [1.82, 2.24) is 15.4 Å². The van der Waals surface area contributed by atoms with Gasteiger partial charge in [-0.3, -0.25) is 0 Å². The molecule has 0 N–H and O–H groups in total. The van der Waals surface area contributed by atoms with Crippen LogP contribution < -0.4 is 4.74 Å². The summed E-state index contributed by atoms with van der Waals surface area (Å²) in [4.78, 5) is 0. The zero-order valence-electron chi connectivity index (χ0n) is 15.3. The summed E-state index contributed by atoms with van der Waals surface area (Å²) in [6.45, 7) is 1.73. The monoisotopic (exact) mass is 444 g/mol. The van der Waals surface area contributed by atoms with E-state index in [0.29, 0.717) is 11.3 Å². The van der Waals surface area contributed by atoms with E-state index in [-0.39, 0.29) is 50.9 Å². The summed E-state index contributed by atoms with van der Waals surface area (Å²) < 4.78 is 31.1. The minimum absolute atomic E-state index is 0.00960. The van der Waals surface area contributed by atoms with Crippen molar-refractivity contribution >= 4 is 23.2 Å². The predicted octanol–water partition coefficient (Wildman–Crippen LogP) is 5.73. The lowest BCUT2D eigenvalue weighted by Gasteiger charge is -2.11. The first-order chi connectivity index (χ1) is 14.4. The number of hydrogen-bond donors (Lipinski definition) is 0. The average Bonchev–Trinajstić information content (AvgIpc) is 3.35. The fraction of sp³-hybridized carbons (Fsp3) is 0.100. The maximum Gasteiger partial charge on any atom is 0.252 e. The number of nitriles is 1. The van der Waals surface area contributed by atoms with Gasteiger partial charge in [-0.2, -0.15) is 5.26 Å². The summed E-state index contributed by atoms with van der Waals surface area (Å²) in [5.74, 6) is -0.304. The van der Waals surface area contributed by atoms with Gasteiger partial charge in [0.1, 0.15) is 17.6 Å². The SMILES string of the molecule is Cc1nocc1-c1nnc(Cc2ccc(Cl)c(Oc3cc(Cl)cc(C#N)c3)c2F)o1. The van der Waals surface area contributed by atoms with Gasteiger partial charge in [0.25, 0.3) is 5.89 Å². The van der Waals surface area contributed by atoms with E-state index >= 15 is 4.39 Å². The van der Waals surface area contributed by atoms with Crippen molar-refractivity contribution in [2.75, 3.05) is 0 Å². The molecule has 10 heteroatoms. The quantitative estimate of drug-likeness (QED) is 0.387. The van der Waals surface area contributed by atoms with Crippen LogP contribution in [0.25, 0.3) is 11.5 Å². The molecule has 30 heavy (non-hydrogen) atoms. The van der Waals surface area contributed by atoms with Crippen molar-refractivity contribution in [2.24, 2.45) is 0 Å². The van der Waals surface area contributed by atoms with Crippen molar-refractivity contribution < 1.29 is 18.1 Å². The summed E-state index contributed by atoms with van der Waals surface area (Å²) in [5, 5.41) is 21.0. The molecule has 0 unspecified atom stereocenters. The van der Waals surface area contributed by atoms with E-state index in [9.17, 15) is 0 Å². The predicted molar refractivity (Wildman–Crippen MR) is 105 cm³/mol. The third-order valence-corrected chi connectivity index (χ3v) is 4.65. The molecule has 4 aromatic rings. The molecule has 0 amide bonds. The van der Waals surface area contributed by atoms with Crippen molar-refractivity contribution in [1.29, 1.82) is 5.26 Å². The summed E-state index contributed by atoms with van der Waals surface area (Å²) in [6.07, 6.45) is 1.40. The number of halogens is 3. The summed E-state index contributed by atoms with van der Waals surface area (Å²) in [6, 6.07) is 9.30. The average molecular weight is 445 g/mol. The second-order valence-electron chi connectivity index (χ2n) is 6.23. The second kappa shape index (κ2) is 8.14. The molecule has 0 saturated heterocycles. The van der Waals surface area contributed by atoms with Crippen LogP contribution in [0, 0.1) is 24.1 Å². The zero-order chi connectivity index (χ0) is 21.3. The second-order valence-corrected chi connectivity index (χ2v) is 7.07. The summed E-state index contributed by atoms with van der Waals surface area (Å²) >= 11 is 12.1. The molecule has 2 aromatic heterocycles. The van der Waals surface area contributed by atoms with Gasteiger partial charge < -0.3 is 13.7 Å². The minimum Gasteiger partial charge on any atom is -0.453 e. The number of rotatable bonds is 5. The van der Waals surface area contributed by atoms with Gasteiger partial charge in [-0.25, -0.2) is 4.39 Å². The molecule has 0 saturated carbocycles. The Morgan fingerprint density at radius 1 is 1.20 bits per heavy atom. The van der Waals surface area contributed by atoms with Crippen molar-refractivity contribution in [3.63, 3.8) is 0 Å². The molecule has 2 aromatic carbocycles. The Morgan fingerprint density at radius 2 is 2.03 bits per heavy atom. The smallest absolute Gasteiger partial charge is 0.252 e. The molecular weight excluding hydrogens is 434 g/mol. The Morgan fingerprint density at radius 3 is 2.77 bits per heavy atom. The highest BCUT2D eigenvalue weighted by Gasteiger charge is 2.19. The van der Waals surface area contributed by atoms with Crippen LogP contribution in [0.15, 0.2) is 45.5 Å². The van der Waals surface area contributed by atoms with Crippen LogP contribution >= 0.6 is 23.2 Å². The van der Waals surface area contributed by atoms with E-state index in [4.69, 9.17) is 42.1 Å². The first-order valence-electron chi connectivity index (χ1n) is 8.53. The molecule has 0 aliphatic rings. The molecule has 0 fully saturated rings. The van der Waals surface area contributed by atoms with Crippen LogP contribution in [0.1, 0.15) is 22.7 Å². The highest BCUT2D eigenvalue weighted by molar-refractivity contribution is 6.32. The first-order valence-corrected chi connectivity index (χ1v) is 9.29. The first kappa shape index (κ1) is 19.9. The van der Waals surface area contributed by atoms with Gasteiger partial charge in [-0.15, -0.1) is 10.2 Å². The lowest BCUT2D eigenvalue weighted by atomic mass is 10.1. The third-order valence-electron chi connectivity index (χ3n) is 4.14. The molecule has 0 aliphatic heterocycles. The highest BCUT2D eigenvalue weighted by atomic mass is 35.5. The van der Waals surface area contributed by atoms with E-state index in [2.05, 4.69) is 15.4 Å². The lowest BCUT2D eigenvalue weighted by Crippen LogP contribution is -1.98. The summed E-state index contributed by atoms with van der Waals surface area (Å²) in [5.41, 5.74) is 1.65. The fourth-order valence-electron chi connectivity index (χ4n) is 2.70. The zero-order valence-corrected chi connectivity index (χ0v) is 16.8. The fourth-order valence-corrected chi connectivity index (χ4v) is 3.11. The normalized spacial score (nSPS) is 10.8. The molecule has 0 spiro atoms. The van der Waals surface area contributed by atoms with Crippen LogP contribution in [0.4, 0.5) is 4.39 Å². The number of benzene rings is 2. The number of ether oxygens (including phenoxy) is 1. The summed E-state index contributed by atoms with van der Waals surface area (Å²) in [7, 11) is 0. The van der Waals surface area contributed by atoms with E-state index in [1.54, 1.807) is 6.92 Å². The van der Waals surface area contributed by atoms with E-state index < -0.39 is 5.82 Å². The standard InChI is InChI=1S/C20H11Cl2FN4O3/c1-10-15(9-28-27-10)20-26-25-17(30-20)6-12-2-3-16(22)19(18(12)23)29-14-5-11(8-24)4-13(21)7-14/h2-5,7,9H,6H2,1H3. The maximum atomic E-state index is 15.1. The van der Waals surface area contributed by atoms with Crippen LogP contribution in [-0.2, 0) is 6.42 Å². The number of aryl methyl sites for hydroxylation is 1. The topological polar surface area (TPSA) is 98.0 Å². The molecule has 4 rings (SSSR count). The van der Waals surface area contributed by atoms with Crippen LogP contribution in [-0.4, -0.2) is 15.4 Å². The molecule has 150 valence electrons. The van der Waals surface area contributed by atoms with Gasteiger partial charge >= 0.3 is 0 Å². The third kappa shape index (κ3) is 3.99. The highest BCUT2D eigenvalue weighted by Crippen LogP contribution is 2.36. The van der Waals surface area contributed by atoms with Gasteiger partial charge in [0.2, 0.25) is 5.89 Å². The Kier molecular flexibility index (Phi) is 5.40. The maximum absolute atomic E-state index is 15.1. The lowest BCUT2D eigenvalue weighted by molar-refractivity contribution is 0.415. The van der Waals surface area contributed by atoms with Gasteiger partial charge in [0.05, 0.1) is 28.8 Å².